The Morgan fingerprint density at radius 2 is 2.12 bits per heavy atom. The van der Waals surface area contributed by atoms with Gasteiger partial charge in [-0.3, -0.25) is 9.78 Å². The fraction of sp³-hybridized carbons (Fsp3) is 0.200. The number of anilines is 3. The largest absolute Gasteiger partial charge is 0.492 e. The van der Waals surface area contributed by atoms with E-state index in [4.69, 9.17) is 21.3 Å². The third-order valence-corrected chi connectivity index (χ3v) is 6.09. The molecule has 0 aliphatic rings. The van der Waals surface area contributed by atoms with Gasteiger partial charge in [-0.2, -0.15) is 5.26 Å². The lowest BCUT2D eigenvalue weighted by Gasteiger charge is -2.17. The summed E-state index contributed by atoms with van der Waals surface area (Å²) in [7, 11) is 0. The SMILES string of the molecule is CCOc1cc2nc(CC)c(C#N)c(Nc3ccc4ncsc4c3)c2cc1NC(=O)/C=C/CCl. The molecule has 0 saturated heterocycles. The molecule has 0 bridgehead atoms. The van der Waals surface area contributed by atoms with Gasteiger partial charge >= 0.3 is 0 Å². The van der Waals surface area contributed by atoms with Gasteiger partial charge in [-0.1, -0.05) is 13.0 Å². The van der Waals surface area contributed by atoms with Crippen LogP contribution < -0.4 is 15.4 Å². The van der Waals surface area contributed by atoms with Crippen LogP contribution in [0.25, 0.3) is 21.1 Å². The number of alkyl halides is 1. The summed E-state index contributed by atoms with van der Waals surface area (Å²) in [5, 5.41) is 17.0. The summed E-state index contributed by atoms with van der Waals surface area (Å²) in [5.41, 5.74) is 6.46. The van der Waals surface area contributed by atoms with Crippen LogP contribution in [0, 0.1) is 11.3 Å². The molecular formula is C25H22ClN5O2S. The van der Waals surface area contributed by atoms with E-state index >= 15 is 0 Å². The summed E-state index contributed by atoms with van der Waals surface area (Å²) in [6, 6.07) is 11.7. The third kappa shape index (κ3) is 4.81. The summed E-state index contributed by atoms with van der Waals surface area (Å²) in [6.45, 7) is 4.25. The highest BCUT2D eigenvalue weighted by Crippen LogP contribution is 2.38. The molecular weight excluding hydrogens is 470 g/mol. The Morgan fingerprint density at radius 3 is 2.85 bits per heavy atom. The molecule has 9 heteroatoms. The van der Waals surface area contributed by atoms with Crippen LogP contribution in [-0.2, 0) is 11.2 Å². The molecule has 34 heavy (non-hydrogen) atoms. The van der Waals surface area contributed by atoms with E-state index in [2.05, 4.69) is 21.7 Å². The number of nitriles is 1. The molecule has 2 aromatic carbocycles. The predicted molar refractivity (Wildman–Crippen MR) is 138 cm³/mol. The normalized spacial score (nSPS) is 11.1. The number of amides is 1. The molecule has 7 nitrogen and oxygen atoms in total. The first-order valence-electron chi connectivity index (χ1n) is 10.7. The topological polar surface area (TPSA) is 99.9 Å². The maximum absolute atomic E-state index is 12.4. The third-order valence-electron chi connectivity index (χ3n) is 5.12. The number of ether oxygens (including phenoxy) is 1. The Labute approximate surface area is 206 Å². The Bertz CT molecular complexity index is 1440. The van der Waals surface area contributed by atoms with Gasteiger partial charge in [-0.15, -0.1) is 22.9 Å². The van der Waals surface area contributed by atoms with Crippen molar-refractivity contribution in [2.45, 2.75) is 20.3 Å². The summed E-state index contributed by atoms with van der Waals surface area (Å²) in [4.78, 5) is 21.4. The van der Waals surface area contributed by atoms with Gasteiger partial charge in [0.05, 0.1) is 50.5 Å². The molecule has 0 radical (unpaired) electrons. The maximum atomic E-state index is 12.4. The summed E-state index contributed by atoms with van der Waals surface area (Å²) >= 11 is 7.20. The first-order chi connectivity index (χ1) is 16.6. The van der Waals surface area contributed by atoms with E-state index in [1.54, 1.807) is 35.1 Å². The van der Waals surface area contributed by atoms with E-state index in [1.165, 1.54) is 6.08 Å². The molecule has 0 spiro atoms. The van der Waals surface area contributed by atoms with Crippen molar-refractivity contribution in [2.75, 3.05) is 23.1 Å². The zero-order valence-electron chi connectivity index (χ0n) is 18.7. The minimum Gasteiger partial charge on any atom is -0.492 e. The number of nitrogens with zero attached hydrogens (tertiary/aromatic N) is 3. The highest BCUT2D eigenvalue weighted by atomic mass is 35.5. The molecule has 0 unspecified atom stereocenters. The Balaban J connectivity index is 1.89. The van der Waals surface area contributed by atoms with Crippen molar-refractivity contribution in [1.29, 1.82) is 5.26 Å². The number of pyridine rings is 1. The van der Waals surface area contributed by atoms with Crippen LogP contribution in [0.3, 0.4) is 0 Å². The molecule has 0 aliphatic carbocycles. The minimum absolute atomic E-state index is 0.233. The van der Waals surface area contributed by atoms with E-state index in [-0.39, 0.29) is 11.8 Å². The number of hydrogen-bond acceptors (Lipinski definition) is 7. The first kappa shape index (κ1) is 23.5. The average Bonchev–Trinajstić information content (AvgIpc) is 3.31. The number of hydrogen-bond donors (Lipinski definition) is 2. The molecule has 2 heterocycles. The maximum Gasteiger partial charge on any atom is 0.248 e. The van der Waals surface area contributed by atoms with Crippen LogP contribution in [0.5, 0.6) is 5.75 Å². The number of fused-ring (bicyclic) bond motifs is 2. The number of nitrogens with one attached hydrogen (secondary N) is 2. The Hall–Kier alpha value is -3.67. The number of rotatable bonds is 8. The molecule has 1 amide bonds. The van der Waals surface area contributed by atoms with Crippen molar-refractivity contribution in [2.24, 2.45) is 0 Å². The monoisotopic (exact) mass is 491 g/mol. The van der Waals surface area contributed by atoms with Gasteiger partial charge in [-0.25, -0.2) is 4.98 Å². The molecule has 4 aromatic rings. The van der Waals surface area contributed by atoms with Gasteiger partial charge in [0.25, 0.3) is 0 Å². The van der Waals surface area contributed by atoms with E-state index in [9.17, 15) is 10.1 Å². The lowest BCUT2D eigenvalue weighted by Crippen LogP contribution is -2.10. The van der Waals surface area contributed by atoms with E-state index in [1.807, 2.05) is 32.0 Å². The molecule has 0 aliphatic heterocycles. The van der Waals surface area contributed by atoms with Crippen LogP contribution in [0.15, 0.2) is 48.0 Å². The predicted octanol–water partition coefficient (Wildman–Crippen LogP) is 6.15. The molecule has 0 saturated carbocycles. The first-order valence-corrected chi connectivity index (χ1v) is 12.2. The number of carbonyl (C=O) groups is 1. The van der Waals surface area contributed by atoms with Gasteiger partial charge in [-0.05, 0) is 37.6 Å². The summed E-state index contributed by atoms with van der Waals surface area (Å²) in [6.07, 6.45) is 3.52. The van der Waals surface area contributed by atoms with Crippen LogP contribution in [-0.4, -0.2) is 28.4 Å². The van der Waals surface area contributed by atoms with Crippen molar-refractivity contribution >= 4 is 67.0 Å². The second-order valence-corrected chi connectivity index (χ2v) is 8.47. The second-order valence-electron chi connectivity index (χ2n) is 7.28. The van der Waals surface area contributed by atoms with Gasteiger partial charge in [0.1, 0.15) is 11.8 Å². The number of allylic oxidation sites excluding steroid dienone is 1. The van der Waals surface area contributed by atoms with Crippen LogP contribution >= 0.6 is 22.9 Å². The second kappa shape index (κ2) is 10.5. The highest BCUT2D eigenvalue weighted by Gasteiger charge is 2.18. The number of carbonyl (C=O) groups excluding carboxylic acids is 1. The molecule has 0 fully saturated rings. The number of benzene rings is 2. The molecule has 2 N–H and O–H groups in total. The fourth-order valence-electron chi connectivity index (χ4n) is 3.62. The van der Waals surface area contributed by atoms with Gasteiger partial charge in [0.2, 0.25) is 5.91 Å². The zero-order valence-corrected chi connectivity index (χ0v) is 20.3. The van der Waals surface area contributed by atoms with Crippen molar-refractivity contribution in [1.82, 2.24) is 9.97 Å². The minimum atomic E-state index is -0.329. The van der Waals surface area contributed by atoms with Crippen molar-refractivity contribution < 1.29 is 9.53 Å². The Kier molecular flexibility index (Phi) is 7.26. The van der Waals surface area contributed by atoms with Crippen LogP contribution in [0.4, 0.5) is 17.1 Å². The van der Waals surface area contributed by atoms with E-state index < -0.39 is 0 Å². The van der Waals surface area contributed by atoms with Gasteiger partial charge in [0.15, 0.2) is 0 Å². The van der Waals surface area contributed by atoms with Crippen molar-refractivity contribution in [3.63, 3.8) is 0 Å². The molecule has 4 rings (SSSR count). The molecule has 0 atom stereocenters. The summed E-state index contributed by atoms with van der Waals surface area (Å²) < 4.78 is 6.82. The number of aromatic nitrogens is 2. The zero-order chi connectivity index (χ0) is 24.1. The molecule has 2 aromatic heterocycles. The highest BCUT2D eigenvalue weighted by molar-refractivity contribution is 7.16. The number of aryl methyl sites for hydroxylation is 1. The van der Waals surface area contributed by atoms with Crippen LogP contribution in [0.2, 0.25) is 0 Å². The fourth-order valence-corrected chi connectivity index (χ4v) is 4.43. The van der Waals surface area contributed by atoms with Crippen molar-refractivity contribution in [3.8, 4) is 11.8 Å². The van der Waals surface area contributed by atoms with Crippen molar-refractivity contribution in [3.05, 3.63) is 59.3 Å². The number of thiazole rings is 1. The lowest BCUT2D eigenvalue weighted by molar-refractivity contribution is -0.111. The molecule has 172 valence electrons. The van der Waals surface area contributed by atoms with E-state index in [0.717, 1.165) is 15.9 Å². The van der Waals surface area contributed by atoms with Crippen LogP contribution in [0.1, 0.15) is 25.1 Å². The summed E-state index contributed by atoms with van der Waals surface area (Å²) in [5.74, 6) is 0.403. The quantitative estimate of drug-likeness (QED) is 0.226. The Morgan fingerprint density at radius 1 is 1.26 bits per heavy atom. The van der Waals surface area contributed by atoms with Gasteiger partial charge < -0.3 is 15.4 Å². The number of halogens is 1. The smallest absolute Gasteiger partial charge is 0.248 e. The van der Waals surface area contributed by atoms with Gasteiger partial charge in [0, 0.05) is 29.1 Å². The average molecular weight is 492 g/mol. The lowest BCUT2D eigenvalue weighted by atomic mass is 10.0. The standard InChI is InChI=1S/C25H22ClN5O2S/c1-3-18-17(13-27)25(29-15-7-8-19-23(10-15)34-14-28-19)16-11-21(31-24(32)6-5-9-26)22(33-4-2)12-20(16)30-18/h5-8,10-12,14H,3-4,9H2,1-2H3,(H,29,30)(H,31,32)/b6-5+. The van der Waals surface area contributed by atoms with E-state index in [0.29, 0.717) is 52.3 Å².